The Bertz CT molecular complexity index is 1140. The van der Waals surface area contributed by atoms with Gasteiger partial charge >= 0.3 is 0 Å². The van der Waals surface area contributed by atoms with Crippen LogP contribution in [0.4, 0.5) is 11.4 Å². The van der Waals surface area contributed by atoms with Crippen molar-refractivity contribution in [2.45, 2.75) is 19.8 Å². The number of nitrogens with zero attached hydrogens (tertiary/aromatic N) is 2. The Morgan fingerprint density at radius 3 is 2.41 bits per heavy atom. The van der Waals surface area contributed by atoms with E-state index in [4.69, 9.17) is 0 Å². The topological polar surface area (TPSA) is 85.1 Å². The number of nitrogens with one attached hydrogen (secondary N) is 2. The van der Waals surface area contributed by atoms with Crippen LogP contribution in [0.2, 0.25) is 0 Å². The van der Waals surface area contributed by atoms with Crippen LogP contribution in [-0.4, -0.2) is 21.2 Å². The highest BCUT2D eigenvalue weighted by atomic mass is 16.2. The third-order valence-corrected chi connectivity index (χ3v) is 5.13. The van der Waals surface area contributed by atoms with E-state index in [2.05, 4.69) is 10.6 Å². The fraction of sp³-hybridized carbons (Fsp3) is 0.227. The summed E-state index contributed by atoms with van der Waals surface area (Å²) in [5.74, 6) is -0.346. The van der Waals surface area contributed by atoms with Crippen molar-refractivity contribution in [3.63, 3.8) is 0 Å². The third-order valence-electron chi connectivity index (χ3n) is 5.13. The molecular formula is C22H22N4O3. The summed E-state index contributed by atoms with van der Waals surface area (Å²) in [6, 6.07) is 16.0. The van der Waals surface area contributed by atoms with Gasteiger partial charge in [0.05, 0.1) is 11.4 Å². The number of carbonyl (C=O) groups excluding carboxylic acids is 2. The summed E-state index contributed by atoms with van der Waals surface area (Å²) in [6.07, 6.45) is 1.82. The number of anilines is 2. The zero-order chi connectivity index (χ0) is 20.5. The highest BCUT2D eigenvalue weighted by Crippen LogP contribution is 2.30. The number of amides is 2. The van der Waals surface area contributed by atoms with E-state index < -0.39 is 5.91 Å². The van der Waals surface area contributed by atoms with Crippen LogP contribution < -0.4 is 16.2 Å². The summed E-state index contributed by atoms with van der Waals surface area (Å²) < 4.78 is 3.22. The number of hydrogen-bond acceptors (Lipinski definition) is 3. The van der Waals surface area contributed by atoms with Gasteiger partial charge in [0.25, 0.3) is 11.5 Å². The molecule has 0 saturated heterocycles. The molecule has 1 aliphatic rings. The Morgan fingerprint density at radius 2 is 1.72 bits per heavy atom. The minimum atomic E-state index is -0.404. The summed E-state index contributed by atoms with van der Waals surface area (Å²) in [7, 11) is 1.77. The van der Waals surface area contributed by atoms with Gasteiger partial charge in [-0.1, -0.05) is 24.3 Å². The Morgan fingerprint density at radius 1 is 1.00 bits per heavy atom. The molecule has 7 heteroatoms. The molecule has 0 aliphatic heterocycles. The molecule has 2 N–H and O–H groups in total. The Hall–Kier alpha value is -3.61. The van der Waals surface area contributed by atoms with Gasteiger partial charge in [-0.15, -0.1) is 0 Å². The summed E-state index contributed by atoms with van der Waals surface area (Å²) in [4.78, 5) is 37.7. The van der Waals surface area contributed by atoms with Crippen molar-refractivity contribution in [1.29, 1.82) is 0 Å². The lowest BCUT2D eigenvalue weighted by Gasteiger charge is -2.08. The first-order chi connectivity index (χ1) is 14.0. The van der Waals surface area contributed by atoms with E-state index in [9.17, 15) is 14.4 Å². The van der Waals surface area contributed by atoms with Gasteiger partial charge in [0, 0.05) is 24.2 Å². The molecule has 0 atom stereocenters. The molecule has 148 valence electrons. The normalized spacial score (nSPS) is 13.2. The lowest BCUT2D eigenvalue weighted by molar-refractivity contribution is -0.117. The standard InChI is InChI=1S/C22H22N4O3/c1-14-19(22(29)26(25(14)2)18-9-4-3-5-10-18)24-21(28)16-7-6-8-17(13-16)23-20(27)15-11-12-15/h3-10,13,15H,11-12H2,1-2H3,(H,23,27)(H,24,28). The number of benzene rings is 2. The van der Waals surface area contributed by atoms with Crippen LogP contribution in [0.3, 0.4) is 0 Å². The van der Waals surface area contributed by atoms with Crippen LogP contribution in [0, 0.1) is 12.8 Å². The minimum Gasteiger partial charge on any atom is -0.326 e. The van der Waals surface area contributed by atoms with E-state index in [0.717, 1.165) is 12.8 Å². The second-order valence-corrected chi connectivity index (χ2v) is 7.23. The van der Waals surface area contributed by atoms with Crippen molar-refractivity contribution in [3.8, 4) is 5.69 Å². The first kappa shape index (κ1) is 18.7. The van der Waals surface area contributed by atoms with Crippen molar-refractivity contribution in [2.24, 2.45) is 13.0 Å². The van der Waals surface area contributed by atoms with Gasteiger partial charge in [0.15, 0.2) is 0 Å². The van der Waals surface area contributed by atoms with Crippen LogP contribution in [0.25, 0.3) is 5.69 Å². The molecule has 3 aromatic rings. The van der Waals surface area contributed by atoms with Crippen LogP contribution in [0.1, 0.15) is 28.9 Å². The third kappa shape index (κ3) is 3.71. The van der Waals surface area contributed by atoms with Crippen molar-refractivity contribution in [1.82, 2.24) is 9.36 Å². The minimum absolute atomic E-state index is 0.0211. The molecule has 2 aromatic carbocycles. The van der Waals surface area contributed by atoms with Crippen LogP contribution in [0.15, 0.2) is 59.4 Å². The van der Waals surface area contributed by atoms with Crippen molar-refractivity contribution >= 4 is 23.2 Å². The lowest BCUT2D eigenvalue weighted by atomic mass is 10.1. The molecule has 1 saturated carbocycles. The van der Waals surface area contributed by atoms with Crippen LogP contribution in [0.5, 0.6) is 0 Å². The van der Waals surface area contributed by atoms with Crippen molar-refractivity contribution < 1.29 is 9.59 Å². The zero-order valence-corrected chi connectivity index (χ0v) is 16.3. The van der Waals surface area contributed by atoms with E-state index in [0.29, 0.717) is 22.6 Å². The van der Waals surface area contributed by atoms with Gasteiger partial charge in [0.1, 0.15) is 5.69 Å². The Balaban J connectivity index is 1.59. The molecule has 0 spiro atoms. The summed E-state index contributed by atoms with van der Waals surface area (Å²) in [6.45, 7) is 1.78. The molecule has 1 fully saturated rings. The Labute approximate surface area is 167 Å². The molecule has 1 aromatic heterocycles. The molecule has 2 amide bonds. The van der Waals surface area contributed by atoms with Crippen LogP contribution in [-0.2, 0) is 11.8 Å². The van der Waals surface area contributed by atoms with E-state index >= 15 is 0 Å². The fourth-order valence-electron chi connectivity index (χ4n) is 3.23. The molecule has 0 bridgehead atoms. The van der Waals surface area contributed by atoms with Gasteiger partial charge in [-0.2, -0.15) is 0 Å². The van der Waals surface area contributed by atoms with Gasteiger partial charge in [-0.3, -0.25) is 19.1 Å². The zero-order valence-electron chi connectivity index (χ0n) is 16.3. The molecule has 1 heterocycles. The monoisotopic (exact) mass is 390 g/mol. The van der Waals surface area contributed by atoms with E-state index in [-0.39, 0.29) is 23.1 Å². The summed E-state index contributed by atoms with van der Waals surface area (Å²) in [5.41, 5.74) is 2.23. The fourth-order valence-corrected chi connectivity index (χ4v) is 3.23. The SMILES string of the molecule is Cc1c(NC(=O)c2cccc(NC(=O)C3CC3)c2)c(=O)n(-c2ccccc2)n1C. The largest absolute Gasteiger partial charge is 0.326 e. The predicted molar refractivity (Wildman–Crippen MR) is 111 cm³/mol. The Kier molecular flexibility index (Phi) is 4.80. The van der Waals surface area contributed by atoms with Crippen molar-refractivity contribution in [3.05, 3.63) is 76.2 Å². The smallest absolute Gasteiger partial charge is 0.295 e. The number of carbonyl (C=O) groups is 2. The number of para-hydroxylation sites is 1. The molecule has 4 rings (SSSR count). The van der Waals surface area contributed by atoms with E-state index in [1.807, 2.05) is 30.3 Å². The average Bonchev–Trinajstić information content (AvgIpc) is 3.55. The summed E-state index contributed by atoms with van der Waals surface area (Å²) in [5, 5.41) is 5.57. The maximum absolute atomic E-state index is 12.9. The number of rotatable bonds is 5. The van der Waals surface area contributed by atoms with Gasteiger partial charge in [-0.05, 0) is 50.1 Å². The van der Waals surface area contributed by atoms with Gasteiger partial charge in [-0.25, -0.2) is 4.68 Å². The summed E-state index contributed by atoms with van der Waals surface area (Å²) >= 11 is 0. The molecule has 7 nitrogen and oxygen atoms in total. The van der Waals surface area contributed by atoms with Gasteiger partial charge in [0.2, 0.25) is 5.91 Å². The van der Waals surface area contributed by atoms with E-state index in [1.54, 1.807) is 42.9 Å². The first-order valence-electron chi connectivity index (χ1n) is 9.52. The molecule has 0 unspecified atom stereocenters. The molecule has 29 heavy (non-hydrogen) atoms. The maximum Gasteiger partial charge on any atom is 0.295 e. The highest BCUT2D eigenvalue weighted by Gasteiger charge is 2.29. The van der Waals surface area contributed by atoms with E-state index in [1.165, 1.54) is 4.68 Å². The predicted octanol–water partition coefficient (Wildman–Crippen LogP) is 3.09. The second kappa shape index (κ2) is 7.43. The number of aromatic nitrogens is 2. The highest BCUT2D eigenvalue weighted by molar-refractivity contribution is 6.05. The quantitative estimate of drug-likeness (QED) is 0.702. The second-order valence-electron chi connectivity index (χ2n) is 7.23. The van der Waals surface area contributed by atoms with Crippen molar-refractivity contribution in [2.75, 3.05) is 10.6 Å². The molecule has 0 radical (unpaired) electrons. The lowest BCUT2D eigenvalue weighted by Crippen LogP contribution is -2.23. The molecular weight excluding hydrogens is 368 g/mol. The molecule has 1 aliphatic carbocycles. The average molecular weight is 390 g/mol. The first-order valence-corrected chi connectivity index (χ1v) is 9.52. The number of hydrogen-bond donors (Lipinski definition) is 2. The van der Waals surface area contributed by atoms with Crippen LogP contribution >= 0.6 is 0 Å². The maximum atomic E-state index is 12.9. The van der Waals surface area contributed by atoms with Gasteiger partial charge < -0.3 is 10.6 Å².